The molecule has 1 atom stereocenters. The molecule has 1 aliphatic heterocycles. The van der Waals surface area contributed by atoms with Crippen molar-refractivity contribution in [3.63, 3.8) is 0 Å². The van der Waals surface area contributed by atoms with Crippen LogP contribution in [0.3, 0.4) is 0 Å². The summed E-state index contributed by atoms with van der Waals surface area (Å²) >= 11 is 0. The number of nitrogens with one attached hydrogen (secondary N) is 1. The molecule has 1 unspecified atom stereocenters. The van der Waals surface area contributed by atoms with Crippen molar-refractivity contribution in [3.05, 3.63) is 0 Å². The normalized spacial score (nSPS) is 20.7. The quantitative estimate of drug-likeness (QED) is 0.704. The minimum absolute atomic E-state index is 0.499. The summed E-state index contributed by atoms with van der Waals surface area (Å²) in [5, 5.41) is 3.50. The molecule has 0 spiro atoms. The Labute approximate surface area is 121 Å². The van der Waals surface area contributed by atoms with Crippen molar-refractivity contribution in [1.29, 1.82) is 0 Å². The Morgan fingerprint density at radius 1 is 1.16 bits per heavy atom. The number of rotatable bonds is 7. The van der Waals surface area contributed by atoms with Gasteiger partial charge >= 0.3 is 0 Å². The lowest BCUT2D eigenvalue weighted by Gasteiger charge is -2.41. The summed E-state index contributed by atoms with van der Waals surface area (Å²) in [4.78, 5) is 2.71. The molecule has 0 saturated carbocycles. The van der Waals surface area contributed by atoms with E-state index in [0.717, 1.165) is 12.0 Å². The minimum Gasteiger partial charge on any atom is -0.317 e. The van der Waals surface area contributed by atoms with Crippen LogP contribution in [0, 0.1) is 11.3 Å². The second-order valence-corrected chi connectivity index (χ2v) is 7.42. The first kappa shape index (κ1) is 17.0. The highest BCUT2D eigenvalue weighted by molar-refractivity contribution is 4.82. The Kier molecular flexibility index (Phi) is 7.38. The van der Waals surface area contributed by atoms with E-state index in [1.54, 1.807) is 0 Å². The first-order chi connectivity index (χ1) is 8.95. The molecule has 19 heavy (non-hydrogen) atoms. The summed E-state index contributed by atoms with van der Waals surface area (Å²) < 4.78 is 0. The maximum atomic E-state index is 3.50. The number of likely N-dealkylation sites (tertiary alicyclic amines) is 1. The highest BCUT2D eigenvalue weighted by Crippen LogP contribution is 2.34. The smallest absolute Gasteiger partial charge is 0.00674 e. The van der Waals surface area contributed by atoms with Gasteiger partial charge < -0.3 is 10.2 Å². The van der Waals surface area contributed by atoms with E-state index in [2.05, 4.69) is 44.8 Å². The third-order valence-electron chi connectivity index (χ3n) is 4.78. The van der Waals surface area contributed by atoms with E-state index in [4.69, 9.17) is 0 Å². The van der Waals surface area contributed by atoms with Crippen molar-refractivity contribution in [2.24, 2.45) is 11.3 Å². The fraction of sp³-hybridized carbons (Fsp3) is 1.00. The third kappa shape index (κ3) is 6.27. The fourth-order valence-electron chi connectivity index (χ4n) is 3.21. The Bertz CT molecular complexity index is 224. The van der Waals surface area contributed by atoms with Gasteiger partial charge in [-0.3, -0.25) is 0 Å². The molecule has 1 aliphatic rings. The number of piperidine rings is 1. The minimum atomic E-state index is 0.499. The van der Waals surface area contributed by atoms with Crippen LogP contribution in [-0.2, 0) is 0 Å². The van der Waals surface area contributed by atoms with Gasteiger partial charge in [-0.15, -0.1) is 0 Å². The Morgan fingerprint density at radius 3 is 2.32 bits per heavy atom. The van der Waals surface area contributed by atoms with Gasteiger partial charge in [0.05, 0.1) is 0 Å². The molecule has 1 heterocycles. The Balaban J connectivity index is 2.16. The second-order valence-electron chi connectivity index (χ2n) is 7.42. The van der Waals surface area contributed by atoms with Crippen LogP contribution in [0.1, 0.15) is 66.7 Å². The molecule has 0 aromatic rings. The van der Waals surface area contributed by atoms with Crippen LogP contribution in [-0.4, -0.2) is 37.1 Å². The van der Waals surface area contributed by atoms with Gasteiger partial charge in [-0.05, 0) is 76.5 Å². The summed E-state index contributed by atoms with van der Waals surface area (Å²) in [6, 6.07) is 0.768. The molecule has 1 fully saturated rings. The Hall–Kier alpha value is -0.0800. The molecule has 114 valence electrons. The number of hydrogen-bond acceptors (Lipinski definition) is 2. The number of nitrogens with zero attached hydrogens (tertiary/aromatic N) is 1. The van der Waals surface area contributed by atoms with E-state index in [1.165, 1.54) is 58.3 Å². The zero-order valence-electron chi connectivity index (χ0n) is 14.0. The number of hydrogen-bond donors (Lipinski definition) is 1. The maximum absolute atomic E-state index is 3.50. The van der Waals surface area contributed by atoms with Crippen molar-refractivity contribution in [2.45, 2.75) is 72.8 Å². The Morgan fingerprint density at radius 2 is 1.79 bits per heavy atom. The van der Waals surface area contributed by atoms with Gasteiger partial charge in [0.25, 0.3) is 0 Å². The van der Waals surface area contributed by atoms with Crippen molar-refractivity contribution >= 4 is 0 Å². The molecule has 2 heteroatoms. The first-order valence-electron chi connectivity index (χ1n) is 8.40. The zero-order valence-corrected chi connectivity index (χ0v) is 14.0. The van der Waals surface area contributed by atoms with E-state index in [0.29, 0.717) is 5.41 Å². The standard InChI is InChI=1S/C17H36N2/c1-6-11-18-12-7-8-15(2)19-13-9-16(10-14-19)17(3,4)5/h15-16,18H,6-14H2,1-5H3. The van der Waals surface area contributed by atoms with Crippen LogP contribution < -0.4 is 5.32 Å². The van der Waals surface area contributed by atoms with Crippen LogP contribution in [0.5, 0.6) is 0 Å². The largest absolute Gasteiger partial charge is 0.317 e. The average Bonchev–Trinajstić information content (AvgIpc) is 2.37. The van der Waals surface area contributed by atoms with Gasteiger partial charge in [0.15, 0.2) is 0 Å². The molecule has 1 rings (SSSR count). The molecule has 0 bridgehead atoms. The molecular weight excluding hydrogens is 232 g/mol. The highest BCUT2D eigenvalue weighted by Gasteiger charge is 2.29. The van der Waals surface area contributed by atoms with Crippen LogP contribution in [0.25, 0.3) is 0 Å². The lowest BCUT2D eigenvalue weighted by Crippen LogP contribution is -2.42. The van der Waals surface area contributed by atoms with Crippen molar-refractivity contribution < 1.29 is 0 Å². The van der Waals surface area contributed by atoms with Crippen LogP contribution in [0.2, 0.25) is 0 Å². The molecule has 1 N–H and O–H groups in total. The maximum Gasteiger partial charge on any atom is 0.00674 e. The second kappa shape index (κ2) is 8.26. The SMILES string of the molecule is CCCNCCCC(C)N1CCC(C(C)(C)C)CC1. The van der Waals surface area contributed by atoms with Crippen LogP contribution >= 0.6 is 0 Å². The first-order valence-corrected chi connectivity index (χ1v) is 8.40. The van der Waals surface area contributed by atoms with Gasteiger partial charge in [0.1, 0.15) is 0 Å². The molecule has 1 saturated heterocycles. The van der Waals surface area contributed by atoms with E-state index in [9.17, 15) is 0 Å². The predicted octanol–water partition coefficient (Wildman–Crippen LogP) is 3.91. The van der Waals surface area contributed by atoms with E-state index >= 15 is 0 Å². The summed E-state index contributed by atoms with van der Waals surface area (Å²) in [7, 11) is 0. The monoisotopic (exact) mass is 268 g/mol. The lowest BCUT2D eigenvalue weighted by molar-refractivity contribution is 0.0844. The van der Waals surface area contributed by atoms with Gasteiger partial charge in [-0.25, -0.2) is 0 Å². The van der Waals surface area contributed by atoms with Crippen LogP contribution in [0.4, 0.5) is 0 Å². The van der Waals surface area contributed by atoms with Gasteiger partial charge in [-0.2, -0.15) is 0 Å². The topological polar surface area (TPSA) is 15.3 Å². The molecular formula is C17H36N2. The molecule has 0 aliphatic carbocycles. The van der Waals surface area contributed by atoms with E-state index in [1.807, 2.05) is 0 Å². The van der Waals surface area contributed by atoms with Gasteiger partial charge in [0.2, 0.25) is 0 Å². The summed E-state index contributed by atoms with van der Waals surface area (Å²) in [5.41, 5.74) is 0.499. The lowest BCUT2D eigenvalue weighted by atomic mass is 9.75. The van der Waals surface area contributed by atoms with Crippen molar-refractivity contribution in [3.8, 4) is 0 Å². The summed E-state index contributed by atoms with van der Waals surface area (Å²) in [6.07, 6.45) is 6.69. The van der Waals surface area contributed by atoms with Gasteiger partial charge in [0, 0.05) is 6.04 Å². The molecule has 0 aromatic carbocycles. The highest BCUT2D eigenvalue weighted by atomic mass is 15.2. The van der Waals surface area contributed by atoms with Crippen molar-refractivity contribution in [1.82, 2.24) is 10.2 Å². The third-order valence-corrected chi connectivity index (χ3v) is 4.78. The van der Waals surface area contributed by atoms with Crippen LogP contribution in [0.15, 0.2) is 0 Å². The summed E-state index contributed by atoms with van der Waals surface area (Å²) in [6.45, 7) is 16.8. The molecule has 2 nitrogen and oxygen atoms in total. The summed E-state index contributed by atoms with van der Waals surface area (Å²) in [5.74, 6) is 0.919. The molecule has 0 radical (unpaired) electrons. The predicted molar refractivity (Wildman–Crippen MR) is 85.6 cm³/mol. The molecule has 0 aromatic heterocycles. The zero-order chi connectivity index (χ0) is 14.3. The van der Waals surface area contributed by atoms with E-state index < -0.39 is 0 Å². The molecule has 0 amide bonds. The van der Waals surface area contributed by atoms with Crippen molar-refractivity contribution in [2.75, 3.05) is 26.2 Å². The van der Waals surface area contributed by atoms with E-state index in [-0.39, 0.29) is 0 Å². The average molecular weight is 268 g/mol. The van der Waals surface area contributed by atoms with Gasteiger partial charge in [-0.1, -0.05) is 27.7 Å². The fourth-order valence-corrected chi connectivity index (χ4v) is 3.21.